The molecule has 1 aliphatic heterocycles. The van der Waals surface area contributed by atoms with Crippen molar-refractivity contribution in [1.29, 1.82) is 0 Å². The van der Waals surface area contributed by atoms with Gasteiger partial charge in [-0.3, -0.25) is 9.88 Å². The molecule has 1 saturated heterocycles. The maximum atomic E-state index is 4.78. The van der Waals surface area contributed by atoms with Crippen LogP contribution in [-0.4, -0.2) is 32.4 Å². The number of fused-ring (bicyclic) bond motifs is 1. The molecule has 1 aliphatic carbocycles. The Labute approximate surface area is 138 Å². The molecule has 2 aromatic heterocycles. The number of aromatic nitrogens is 3. The monoisotopic (exact) mass is 308 g/mol. The largest absolute Gasteiger partial charge is 0.294 e. The second kappa shape index (κ2) is 6.75. The molecule has 0 amide bonds. The molecule has 1 saturated carbocycles. The molecule has 2 fully saturated rings. The van der Waals surface area contributed by atoms with Crippen molar-refractivity contribution < 1.29 is 0 Å². The molecule has 4 rings (SSSR count). The van der Waals surface area contributed by atoms with E-state index in [0.29, 0.717) is 0 Å². The Morgan fingerprint density at radius 2 is 1.96 bits per heavy atom. The van der Waals surface area contributed by atoms with Crippen LogP contribution in [0.25, 0.3) is 11.4 Å². The summed E-state index contributed by atoms with van der Waals surface area (Å²) in [6, 6.07) is 6.79. The van der Waals surface area contributed by atoms with Gasteiger partial charge in [-0.15, -0.1) is 0 Å². The molecule has 0 radical (unpaired) electrons. The topological polar surface area (TPSA) is 41.9 Å². The van der Waals surface area contributed by atoms with Crippen LogP contribution in [0.5, 0.6) is 0 Å². The van der Waals surface area contributed by atoms with Gasteiger partial charge in [0.15, 0.2) is 5.82 Å². The van der Waals surface area contributed by atoms with E-state index >= 15 is 0 Å². The van der Waals surface area contributed by atoms with Gasteiger partial charge >= 0.3 is 0 Å². The normalized spacial score (nSPS) is 25.0. The Kier molecular flexibility index (Phi) is 4.33. The van der Waals surface area contributed by atoms with E-state index in [4.69, 9.17) is 4.98 Å². The number of rotatable bonds is 3. The molecule has 23 heavy (non-hydrogen) atoms. The van der Waals surface area contributed by atoms with Gasteiger partial charge in [0, 0.05) is 36.7 Å². The van der Waals surface area contributed by atoms with Crippen molar-refractivity contribution in [1.82, 2.24) is 19.9 Å². The quantitative estimate of drug-likeness (QED) is 0.867. The zero-order valence-corrected chi connectivity index (χ0v) is 13.6. The van der Waals surface area contributed by atoms with Crippen molar-refractivity contribution in [3.8, 4) is 11.4 Å². The van der Waals surface area contributed by atoms with Crippen molar-refractivity contribution in [2.45, 2.75) is 51.1 Å². The third-order valence-corrected chi connectivity index (χ3v) is 5.36. The summed E-state index contributed by atoms with van der Waals surface area (Å²) < 4.78 is 0. The fraction of sp³-hybridized carbons (Fsp3) is 0.526. The molecule has 4 nitrogen and oxygen atoms in total. The van der Waals surface area contributed by atoms with Crippen molar-refractivity contribution in [2.24, 2.45) is 5.92 Å². The molecule has 120 valence electrons. The summed E-state index contributed by atoms with van der Waals surface area (Å²) >= 11 is 0. The standard InChI is InChI=1S/C19H24N4/c1-2-8-18-15(5-1)7-4-12-23(18)14-17-9-11-21-19(22-17)16-6-3-10-20-13-16/h3,6,9-11,13,15,18H,1-2,4-5,7-8,12,14H2/t15-,18-/m1/s1. The van der Waals surface area contributed by atoms with Gasteiger partial charge in [0.05, 0.1) is 5.69 Å². The Bertz CT molecular complexity index is 641. The Hall–Kier alpha value is -1.81. The van der Waals surface area contributed by atoms with Gasteiger partial charge in [-0.2, -0.15) is 0 Å². The first-order valence-corrected chi connectivity index (χ1v) is 8.86. The predicted molar refractivity (Wildman–Crippen MR) is 90.7 cm³/mol. The van der Waals surface area contributed by atoms with Crippen LogP contribution in [0.1, 0.15) is 44.2 Å². The van der Waals surface area contributed by atoms with Crippen LogP contribution in [0.15, 0.2) is 36.8 Å². The molecular weight excluding hydrogens is 284 g/mol. The van der Waals surface area contributed by atoms with Crippen molar-refractivity contribution in [3.63, 3.8) is 0 Å². The fourth-order valence-electron chi connectivity index (χ4n) is 4.25. The number of hydrogen-bond acceptors (Lipinski definition) is 4. The maximum absolute atomic E-state index is 4.78. The molecule has 0 aromatic carbocycles. The summed E-state index contributed by atoms with van der Waals surface area (Å²) in [5.41, 5.74) is 2.12. The molecule has 0 N–H and O–H groups in total. The molecule has 3 heterocycles. The van der Waals surface area contributed by atoms with Crippen LogP contribution in [0.2, 0.25) is 0 Å². The summed E-state index contributed by atoms with van der Waals surface area (Å²) in [5, 5.41) is 0. The minimum Gasteiger partial charge on any atom is -0.294 e. The van der Waals surface area contributed by atoms with Crippen LogP contribution in [0.3, 0.4) is 0 Å². The number of hydrogen-bond donors (Lipinski definition) is 0. The van der Waals surface area contributed by atoms with E-state index in [1.165, 1.54) is 45.1 Å². The highest BCUT2D eigenvalue weighted by Crippen LogP contribution is 2.35. The van der Waals surface area contributed by atoms with Crippen LogP contribution in [0.4, 0.5) is 0 Å². The van der Waals surface area contributed by atoms with E-state index in [1.54, 1.807) is 6.20 Å². The Morgan fingerprint density at radius 3 is 2.87 bits per heavy atom. The van der Waals surface area contributed by atoms with Gasteiger partial charge in [-0.25, -0.2) is 9.97 Å². The van der Waals surface area contributed by atoms with Crippen molar-refractivity contribution in [3.05, 3.63) is 42.5 Å². The highest BCUT2D eigenvalue weighted by molar-refractivity contribution is 5.52. The van der Waals surface area contributed by atoms with Gasteiger partial charge in [0.2, 0.25) is 0 Å². The third kappa shape index (κ3) is 3.27. The predicted octanol–water partition coefficient (Wildman–Crippen LogP) is 3.69. The zero-order valence-electron chi connectivity index (χ0n) is 13.6. The highest BCUT2D eigenvalue weighted by atomic mass is 15.2. The molecule has 4 heteroatoms. The SMILES string of the molecule is c1cncc(-c2nccc(CN3CCC[C@H]4CCCC[C@H]43)n2)c1. The minimum atomic E-state index is 0.773. The van der Waals surface area contributed by atoms with E-state index in [2.05, 4.69) is 20.9 Å². The third-order valence-electron chi connectivity index (χ3n) is 5.36. The van der Waals surface area contributed by atoms with Gasteiger partial charge in [-0.05, 0) is 56.3 Å². The van der Waals surface area contributed by atoms with Gasteiger partial charge in [-0.1, -0.05) is 12.8 Å². The lowest BCUT2D eigenvalue weighted by Crippen LogP contribution is -2.46. The number of nitrogens with zero attached hydrogens (tertiary/aromatic N) is 4. The number of likely N-dealkylation sites (tertiary alicyclic amines) is 1. The summed E-state index contributed by atoms with van der Waals surface area (Å²) in [6.45, 7) is 2.17. The molecule has 2 atom stereocenters. The lowest BCUT2D eigenvalue weighted by molar-refractivity contribution is 0.0537. The van der Waals surface area contributed by atoms with Gasteiger partial charge < -0.3 is 0 Å². The van der Waals surface area contributed by atoms with E-state index in [0.717, 1.165) is 35.6 Å². The highest BCUT2D eigenvalue weighted by Gasteiger charge is 2.33. The molecule has 2 aromatic rings. The van der Waals surface area contributed by atoms with Crippen molar-refractivity contribution >= 4 is 0 Å². The van der Waals surface area contributed by atoms with E-state index in [-0.39, 0.29) is 0 Å². The van der Waals surface area contributed by atoms with Gasteiger partial charge in [0.1, 0.15) is 0 Å². The maximum Gasteiger partial charge on any atom is 0.160 e. The first kappa shape index (κ1) is 14.8. The Morgan fingerprint density at radius 1 is 1.04 bits per heavy atom. The first-order valence-electron chi connectivity index (χ1n) is 8.86. The Balaban J connectivity index is 1.52. The lowest BCUT2D eigenvalue weighted by Gasteiger charge is -2.44. The summed E-state index contributed by atoms with van der Waals surface area (Å²) in [6.07, 6.45) is 13.9. The van der Waals surface area contributed by atoms with Crippen LogP contribution in [0, 0.1) is 5.92 Å². The average molecular weight is 308 g/mol. The molecular formula is C19H24N4. The lowest BCUT2D eigenvalue weighted by atomic mass is 9.78. The second-order valence-electron chi connectivity index (χ2n) is 6.84. The van der Waals surface area contributed by atoms with Crippen molar-refractivity contribution in [2.75, 3.05) is 6.54 Å². The summed E-state index contributed by atoms with van der Waals surface area (Å²) in [4.78, 5) is 16.0. The first-order chi connectivity index (χ1) is 11.4. The van der Waals surface area contributed by atoms with Crippen LogP contribution in [-0.2, 0) is 6.54 Å². The number of piperidine rings is 1. The van der Waals surface area contributed by atoms with Crippen LogP contribution < -0.4 is 0 Å². The van der Waals surface area contributed by atoms with Gasteiger partial charge in [0.25, 0.3) is 0 Å². The van der Waals surface area contributed by atoms with E-state index < -0.39 is 0 Å². The molecule has 0 bridgehead atoms. The van der Waals surface area contributed by atoms with E-state index in [1.807, 2.05) is 24.5 Å². The molecule has 2 aliphatic rings. The summed E-state index contributed by atoms with van der Waals surface area (Å²) in [5.74, 6) is 1.70. The fourth-order valence-corrected chi connectivity index (χ4v) is 4.25. The second-order valence-corrected chi connectivity index (χ2v) is 6.84. The number of pyridine rings is 1. The molecule has 0 unspecified atom stereocenters. The zero-order chi connectivity index (χ0) is 15.5. The van der Waals surface area contributed by atoms with Crippen LogP contribution >= 0.6 is 0 Å². The molecule has 0 spiro atoms. The smallest absolute Gasteiger partial charge is 0.160 e. The average Bonchev–Trinajstić information content (AvgIpc) is 2.63. The summed E-state index contributed by atoms with van der Waals surface area (Å²) in [7, 11) is 0. The minimum absolute atomic E-state index is 0.773. The van der Waals surface area contributed by atoms with E-state index in [9.17, 15) is 0 Å².